The SMILES string of the molecule is FC(F)(F)N1CC=CN1c1ccc2cn[nH]c2c1. The Labute approximate surface area is 100 Å². The van der Waals surface area contributed by atoms with Gasteiger partial charge in [0.1, 0.15) is 0 Å². The molecule has 18 heavy (non-hydrogen) atoms. The highest BCUT2D eigenvalue weighted by atomic mass is 19.4. The van der Waals surface area contributed by atoms with Gasteiger partial charge in [0.25, 0.3) is 0 Å². The molecule has 0 fully saturated rings. The van der Waals surface area contributed by atoms with E-state index in [1.165, 1.54) is 12.3 Å². The number of fused-ring (bicyclic) bond motifs is 1. The van der Waals surface area contributed by atoms with Crippen molar-refractivity contribution >= 4 is 16.6 Å². The van der Waals surface area contributed by atoms with Crippen LogP contribution in [0.4, 0.5) is 18.9 Å². The highest BCUT2D eigenvalue weighted by molar-refractivity contribution is 5.82. The van der Waals surface area contributed by atoms with E-state index in [2.05, 4.69) is 10.2 Å². The summed E-state index contributed by atoms with van der Waals surface area (Å²) >= 11 is 0. The summed E-state index contributed by atoms with van der Waals surface area (Å²) in [6.07, 6.45) is 0.0998. The third kappa shape index (κ3) is 1.72. The number of hydrogen-bond acceptors (Lipinski definition) is 3. The predicted octanol–water partition coefficient (Wildman–Crippen LogP) is 2.63. The van der Waals surface area contributed by atoms with Crippen LogP contribution >= 0.6 is 0 Å². The normalized spacial score (nSPS) is 16.9. The number of halogens is 3. The molecule has 1 aromatic carbocycles. The number of anilines is 1. The second-order valence-corrected chi connectivity index (χ2v) is 3.92. The van der Waals surface area contributed by atoms with Gasteiger partial charge in [-0.1, -0.05) is 6.08 Å². The first-order valence-electron chi connectivity index (χ1n) is 5.29. The van der Waals surface area contributed by atoms with Crippen LogP contribution in [0.15, 0.2) is 36.7 Å². The summed E-state index contributed by atoms with van der Waals surface area (Å²) in [6, 6.07) is 5.00. The van der Waals surface area contributed by atoms with Crippen LogP contribution in [-0.4, -0.2) is 28.1 Å². The lowest BCUT2D eigenvalue weighted by molar-refractivity contribution is -0.240. The van der Waals surface area contributed by atoms with E-state index in [1.807, 2.05) is 0 Å². The first kappa shape index (κ1) is 11.1. The van der Waals surface area contributed by atoms with E-state index in [0.717, 1.165) is 10.4 Å². The Kier molecular flexibility index (Phi) is 2.30. The molecule has 0 saturated carbocycles. The molecule has 3 rings (SSSR count). The largest absolute Gasteiger partial charge is 0.478 e. The molecule has 1 aliphatic rings. The molecule has 0 radical (unpaired) electrons. The fourth-order valence-corrected chi connectivity index (χ4v) is 1.93. The molecular formula is C11H9F3N4. The van der Waals surface area contributed by atoms with Crippen molar-refractivity contribution in [2.45, 2.75) is 6.30 Å². The Bertz CT molecular complexity index is 602. The molecule has 0 bridgehead atoms. The van der Waals surface area contributed by atoms with Crippen molar-refractivity contribution in [1.82, 2.24) is 15.2 Å². The number of aromatic nitrogens is 2. The molecular weight excluding hydrogens is 245 g/mol. The van der Waals surface area contributed by atoms with Crippen molar-refractivity contribution in [2.75, 3.05) is 11.6 Å². The molecule has 1 aliphatic heterocycles. The smallest absolute Gasteiger partial charge is 0.278 e. The van der Waals surface area contributed by atoms with Gasteiger partial charge >= 0.3 is 6.30 Å². The van der Waals surface area contributed by atoms with E-state index in [-0.39, 0.29) is 6.54 Å². The van der Waals surface area contributed by atoms with Gasteiger partial charge in [-0.25, -0.2) is 0 Å². The van der Waals surface area contributed by atoms with Crippen LogP contribution in [0, 0.1) is 0 Å². The second kappa shape index (κ2) is 3.74. The first-order chi connectivity index (χ1) is 8.55. The second-order valence-electron chi connectivity index (χ2n) is 3.92. The molecule has 2 aromatic rings. The van der Waals surface area contributed by atoms with Gasteiger partial charge in [0.2, 0.25) is 0 Å². The van der Waals surface area contributed by atoms with Gasteiger partial charge in [0.15, 0.2) is 0 Å². The molecule has 0 spiro atoms. The van der Waals surface area contributed by atoms with Crippen molar-refractivity contribution in [3.05, 3.63) is 36.7 Å². The number of nitrogens with zero attached hydrogens (tertiary/aromatic N) is 3. The molecule has 0 amide bonds. The minimum absolute atomic E-state index is 0.176. The summed E-state index contributed by atoms with van der Waals surface area (Å²) in [4.78, 5) is 0. The number of aromatic amines is 1. The number of rotatable bonds is 1. The maximum absolute atomic E-state index is 12.8. The van der Waals surface area contributed by atoms with Crippen LogP contribution in [0.2, 0.25) is 0 Å². The first-order valence-corrected chi connectivity index (χ1v) is 5.29. The minimum Gasteiger partial charge on any atom is -0.278 e. The average molecular weight is 254 g/mol. The van der Waals surface area contributed by atoms with E-state index >= 15 is 0 Å². The third-order valence-electron chi connectivity index (χ3n) is 2.77. The zero-order chi connectivity index (χ0) is 12.8. The molecule has 1 aromatic heterocycles. The van der Waals surface area contributed by atoms with Gasteiger partial charge in [-0.3, -0.25) is 10.1 Å². The van der Waals surface area contributed by atoms with Crippen molar-refractivity contribution in [3.8, 4) is 0 Å². The minimum atomic E-state index is -4.40. The summed E-state index contributed by atoms with van der Waals surface area (Å²) in [5.74, 6) is 0. The Balaban J connectivity index is 2.00. The summed E-state index contributed by atoms with van der Waals surface area (Å²) in [6.45, 7) is -0.176. The molecule has 0 saturated heterocycles. The highest BCUT2D eigenvalue weighted by Crippen LogP contribution is 2.31. The zero-order valence-electron chi connectivity index (χ0n) is 9.15. The maximum atomic E-state index is 12.8. The molecule has 7 heteroatoms. The van der Waals surface area contributed by atoms with E-state index in [9.17, 15) is 13.2 Å². The number of H-pyrrole nitrogens is 1. The highest BCUT2D eigenvalue weighted by Gasteiger charge is 2.42. The fraction of sp³-hybridized carbons (Fsp3) is 0.182. The topological polar surface area (TPSA) is 35.2 Å². The number of nitrogens with one attached hydrogen (secondary N) is 1. The summed E-state index contributed by atoms with van der Waals surface area (Å²) in [7, 11) is 0. The van der Waals surface area contributed by atoms with Crippen LogP contribution in [0.5, 0.6) is 0 Å². The summed E-state index contributed by atoms with van der Waals surface area (Å²) in [5, 5.41) is 8.86. The average Bonchev–Trinajstić information content (AvgIpc) is 2.96. The lowest BCUT2D eigenvalue weighted by Gasteiger charge is -2.30. The van der Waals surface area contributed by atoms with Gasteiger partial charge in [0, 0.05) is 18.1 Å². The van der Waals surface area contributed by atoms with Crippen LogP contribution in [-0.2, 0) is 0 Å². The van der Waals surface area contributed by atoms with Gasteiger partial charge in [-0.15, -0.1) is 5.01 Å². The van der Waals surface area contributed by atoms with Crippen LogP contribution in [0.1, 0.15) is 0 Å². The number of hydrazine groups is 1. The Morgan fingerprint density at radius 1 is 1.28 bits per heavy atom. The predicted molar refractivity (Wildman–Crippen MR) is 60.5 cm³/mol. The molecule has 0 aliphatic carbocycles. The van der Waals surface area contributed by atoms with Crippen LogP contribution < -0.4 is 5.01 Å². The van der Waals surface area contributed by atoms with Gasteiger partial charge < -0.3 is 0 Å². The monoisotopic (exact) mass is 254 g/mol. The molecule has 0 atom stereocenters. The van der Waals surface area contributed by atoms with E-state index in [4.69, 9.17) is 0 Å². The van der Waals surface area contributed by atoms with Crippen molar-refractivity contribution in [1.29, 1.82) is 0 Å². The fourth-order valence-electron chi connectivity index (χ4n) is 1.93. The Morgan fingerprint density at radius 3 is 2.89 bits per heavy atom. The zero-order valence-corrected chi connectivity index (χ0v) is 9.15. The van der Waals surface area contributed by atoms with Crippen molar-refractivity contribution < 1.29 is 13.2 Å². The number of benzene rings is 1. The van der Waals surface area contributed by atoms with E-state index < -0.39 is 6.30 Å². The quantitative estimate of drug-likeness (QED) is 0.794. The van der Waals surface area contributed by atoms with Gasteiger partial charge in [-0.05, 0) is 18.2 Å². The molecule has 1 N–H and O–H groups in total. The Morgan fingerprint density at radius 2 is 2.11 bits per heavy atom. The lowest BCUT2D eigenvalue weighted by Crippen LogP contribution is -2.45. The molecule has 2 heterocycles. The molecule has 0 unspecified atom stereocenters. The van der Waals surface area contributed by atoms with Crippen LogP contribution in [0.3, 0.4) is 0 Å². The van der Waals surface area contributed by atoms with E-state index in [1.54, 1.807) is 24.4 Å². The van der Waals surface area contributed by atoms with Gasteiger partial charge in [0.05, 0.1) is 17.4 Å². The number of hydrogen-bond donors (Lipinski definition) is 1. The third-order valence-corrected chi connectivity index (χ3v) is 2.77. The Hall–Kier alpha value is -2.02. The van der Waals surface area contributed by atoms with Crippen molar-refractivity contribution in [2.24, 2.45) is 0 Å². The molecule has 94 valence electrons. The van der Waals surface area contributed by atoms with Crippen LogP contribution in [0.25, 0.3) is 10.9 Å². The molecule has 4 nitrogen and oxygen atoms in total. The number of alkyl halides is 3. The van der Waals surface area contributed by atoms with E-state index in [0.29, 0.717) is 16.2 Å². The lowest BCUT2D eigenvalue weighted by atomic mass is 10.2. The standard InChI is InChI=1S/C11H9F3N4/c12-11(13,14)18-5-1-4-17(18)9-3-2-8-7-15-16-10(8)6-9/h1-4,6-7H,5H2,(H,15,16). The van der Waals surface area contributed by atoms with Gasteiger partial charge in [-0.2, -0.15) is 18.3 Å². The maximum Gasteiger partial charge on any atom is 0.478 e. The van der Waals surface area contributed by atoms with Crippen molar-refractivity contribution in [3.63, 3.8) is 0 Å². The summed E-state index contributed by atoms with van der Waals surface area (Å²) < 4.78 is 38.3. The summed E-state index contributed by atoms with van der Waals surface area (Å²) in [5.41, 5.74) is 1.15.